The van der Waals surface area contributed by atoms with Crippen LogP contribution < -0.4 is 36.8 Å². The van der Waals surface area contributed by atoms with E-state index in [1.54, 1.807) is 13.8 Å². The van der Waals surface area contributed by atoms with Crippen LogP contribution in [0, 0.1) is 11.8 Å². The van der Waals surface area contributed by atoms with Gasteiger partial charge in [0.2, 0.25) is 5.91 Å². The average Bonchev–Trinajstić information content (AvgIpc) is 3.84. The summed E-state index contributed by atoms with van der Waals surface area (Å²) in [6, 6.07) is 33.9. The summed E-state index contributed by atoms with van der Waals surface area (Å²) in [4.78, 5) is 95.7. The molecule has 4 aromatic rings. The van der Waals surface area contributed by atoms with Crippen molar-refractivity contribution in [2.75, 3.05) is 25.4 Å². The smallest absolute Gasteiger partial charge is 0.480 e. The molecule has 0 bridgehead atoms. The van der Waals surface area contributed by atoms with Crippen LogP contribution in [0.1, 0.15) is 63.6 Å². The Hall–Kier alpha value is -6.00. The third-order valence-corrected chi connectivity index (χ3v) is 15.4. The Bertz CT molecular complexity index is 2210. The van der Waals surface area contributed by atoms with Crippen molar-refractivity contribution < 1.29 is 38.7 Å². The molecular weight excluding hydrogens is 950 g/mol. The van der Waals surface area contributed by atoms with E-state index in [0.717, 1.165) is 21.2 Å². The minimum Gasteiger partial charge on any atom is -0.480 e. The minimum atomic E-state index is -1.27. The first-order chi connectivity index (χ1) is 32.6. The van der Waals surface area contributed by atoms with Gasteiger partial charge < -0.3 is 15.7 Å². The average molecular weight is 1010 g/mol. The van der Waals surface area contributed by atoms with Gasteiger partial charge in [-0.2, -0.15) is 0 Å². The number of nitrogens with zero attached hydrogens (tertiary/aromatic N) is 1. The number of rotatable bonds is 24. The summed E-state index contributed by atoms with van der Waals surface area (Å²) in [5.41, 5.74) is 8.94. The van der Waals surface area contributed by atoms with Crippen molar-refractivity contribution in [3.05, 3.63) is 138 Å². The van der Waals surface area contributed by atoms with Crippen LogP contribution in [0.5, 0.6) is 0 Å². The minimum absolute atomic E-state index is 0.0188. The quantitative estimate of drug-likeness (QED) is 0.0401. The Labute approximate surface area is 409 Å². The Morgan fingerprint density at radius 3 is 1.76 bits per heavy atom. The summed E-state index contributed by atoms with van der Waals surface area (Å²) in [7, 11) is 0. The molecule has 0 aliphatic carbocycles. The number of carbonyl (C=O) groups excluding carboxylic acids is 6. The van der Waals surface area contributed by atoms with Crippen LogP contribution in [0.2, 0.25) is 5.32 Å². The zero-order chi connectivity index (χ0) is 49.2. The number of aliphatic carboxylic acids is 1. The van der Waals surface area contributed by atoms with Crippen LogP contribution in [0.15, 0.2) is 121 Å². The van der Waals surface area contributed by atoms with Gasteiger partial charge in [-0.05, 0) is 22.6 Å². The van der Waals surface area contributed by atoms with E-state index in [9.17, 15) is 38.7 Å². The Kier molecular flexibility index (Phi) is 20.2. The van der Waals surface area contributed by atoms with Gasteiger partial charge in [0.1, 0.15) is 12.6 Å². The molecule has 17 heteroatoms. The number of amides is 6. The maximum absolute atomic E-state index is 14.4. The molecule has 5 rings (SSSR count). The zero-order valence-electron chi connectivity index (χ0n) is 38.9. The molecule has 0 saturated carbocycles. The summed E-state index contributed by atoms with van der Waals surface area (Å²) in [5.74, 6) is -5.10. The number of hydrogen-bond donors (Lipinski definition) is 7. The van der Waals surface area contributed by atoms with Crippen molar-refractivity contribution in [2.45, 2.75) is 87.2 Å². The number of carboxylic acids is 1. The van der Waals surface area contributed by atoms with Crippen LogP contribution in [-0.4, -0.2) is 122 Å². The van der Waals surface area contributed by atoms with Gasteiger partial charge in [0.05, 0.1) is 4.75 Å². The molecule has 1 fully saturated rings. The fourth-order valence-corrected chi connectivity index (χ4v) is 11.5. The molecule has 1 aliphatic rings. The first kappa shape index (κ1) is 53.0. The molecule has 1 saturated heterocycles. The van der Waals surface area contributed by atoms with Crippen molar-refractivity contribution in [3.8, 4) is 0 Å². The number of nitrogens with one attached hydrogen (secondary N) is 5. The number of benzene rings is 4. The second-order valence-electron chi connectivity index (χ2n) is 17.4. The summed E-state index contributed by atoms with van der Waals surface area (Å²) < 4.78 is 0.146. The van der Waals surface area contributed by atoms with Gasteiger partial charge in [0.15, 0.2) is 0 Å². The fourth-order valence-electron chi connectivity index (χ4n) is 8.02. The number of hydrogen-bond acceptors (Lipinski definition) is 9. The second kappa shape index (κ2) is 25.9. The number of thioether (sulfide) groups is 1. The van der Waals surface area contributed by atoms with Gasteiger partial charge in [0, 0.05) is 0 Å². The van der Waals surface area contributed by atoms with E-state index in [-0.39, 0.29) is 33.2 Å². The molecule has 5 atom stereocenters. The number of likely N-dealkylation sites (tertiary alicyclic amines) is 1. The molecule has 1 heterocycles. The van der Waals surface area contributed by atoms with Crippen molar-refractivity contribution in [3.63, 3.8) is 0 Å². The van der Waals surface area contributed by atoms with Gasteiger partial charge in [-0.3, -0.25) is 14.4 Å². The third-order valence-electron chi connectivity index (χ3n) is 11.4. The second-order valence-corrected chi connectivity index (χ2v) is 20.9. The fraction of sp³-hybridized carbons (Fsp3) is 0.392. The summed E-state index contributed by atoms with van der Waals surface area (Å²) in [6.07, 6.45) is 1.29. The van der Waals surface area contributed by atoms with Gasteiger partial charge in [-0.25, -0.2) is 0 Å². The molecule has 4 aromatic carbocycles. The van der Waals surface area contributed by atoms with Gasteiger partial charge in [0.25, 0.3) is 0 Å². The Balaban J connectivity index is 1.37. The molecule has 8 N–H and O–H groups in total. The van der Waals surface area contributed by atoms with Gasteiger partial charge in [-0.15, -0.1) is 11.8 Å². The Morgan fingerprint density at radius 1 is 0.706 bits per heavy atom. The predicted molar refractivity (Wildman–Crippen MR) is 265 cm³/mol. The van der Waals surface area contributed by atoms with Crippen LogP contribution in [0.4, 0.5) is 0 Å². The molecule has 6 amide bonds. The first-order valence-electron chi connectivity index (χ1n) is 22.8. The molecule has 15 nitrogen and oxygen atoms in total. The molecule has 1 aliphatic heterocycles. The Morgan fingerprint density at radius 2 is 1.25 bits per heavy atom. The normalized spacial score (nSPS) is 15.4. The van der Waals surface area contributed by atoms with E-state index < -0.39 is 95.4 Å². The predicted octanol–water partition coefficient (Wildman–Crippen LogP) is 2.95. The van der Waals surface area contributed by atoms with E-state index in [1.165, 1.54) is 16.7 Å². The van der Waals surface area contributed by atoms with E-state index in [2.05, 4.69) is 26.6 Å². The van der Waals surface area contributed by atoms with Crippen LogP contribution in [0.3, 0.4) is 0 Å². The summed E-state index contributed by atoms with van der Waals surface area (Å²) in [5, 5.41) is 23.0. The van der Waals surface area contributed by atoms with Crippen molar-refractivity contribution in [1.82, 2.24) is 31.5 Å². The number of carboxylic acid groups (broad SMARTS) is 1. The molecule has 0 spiro atoms. The maximum atomic E-state index is 14.4. The molecule has 68 heavy (non-hydrogen) atoms. The van der Waals surface area contributed by atoms with Gasteiger partial charge >= 0.3 is 218 Å². The molecular formula is C51H63N7O8SSe. The van der Waals surface area contributed by atoms with E-state index in [4.69, 9.17) is 5.73 Å². The SMILES string of the molecule is CC(C)C[C@H](N)C(=O)N[C@@H](C[Se]c1ccccc1)C(=O)N1CCC[C@H]1C(=O)NCC(=O)N[C@@H](CSC(c1ccccc1)(c1ccccc1)c1ccccc1)C(=O)N[C@H](C(=O)NCC(=O)O)C(C)C. The van der Waals surface area contributed by atoms with E-state index in [1.807, 2.05) is 135 Å². The van der Waals surface area contributed by atoms with Crippen LogP contribution in [0.25, 0.3) is 0 Å². The number of nitrogens with two attached hydrogens (primary N) is 1. The third kappa shape index (κ3) is 14.7. The zero-order valence-corrected chi connectivity index (χ0v) is 41.4. The number of carbonyl (C=O) groups is 7. The molecule has 0 aromatic heterocycles. The summed E-state index contributed by atoms with van der Waals surface area (Å²) >= 11 is 1.22. The first-order valence-corrected chi connectivity index (χ1v) is 25.9. The van der Waals surface area contributed by atoms with E-state index >= 15 is 0 Å². The van der Waals surface area contributed by atoms with Crippen molar-refractivity contribution >= 4 is 72.6 Å². The molecule has 0 radical (unpaired) electrons. The molecule has 362 valence electrons. The van der Waals surface area contributed by atoms with Gasteiger partial charge in [-0.1, -0.05) is 105 Å². The molecule has 0 unspecified atom stereocenters. The van der Waals surface area contributed by atoms with Crippen molar-refractivity contribution in [2.24, 2.45) is 17.6 Å². The van der Waals surface area contributed by atoms with Crippen LogP contribution in [-0.2, 0) is 38.3 Å². The standard InChI is InChI=1S/C51H63N7O8SSe/c1-33(2)28-39(52)46(62)56-41(32-68-38-24-15-8-16-25-38)50(66)58-27-17-26-42(58)48(64)53-29-43(59)55-40(47(63)57-45(34(3)4)49(65)54-30-44(60)61)31-67-51(35-18-9-5-10-19-35,36-20-11-6-12-21-36)37-22-13-7-14-23-37/h5-16,18-25,33-34,39-42,45H,17,26-32,52H2,1-4H3,(H,53,64)(H,54,65)(H,55,59)(H,56,62)(H,57,63)(H,60,61)/t39-,40-,41-,42-,45-/m0/s1. The topological polar surface area (TPSA) is 229 Å². The summed E-state index contributed by atoms with van der Waals surface area (Å²) in [6.45, 7) is 6.40. The monoisotopic (exact) mass is 1010 g/mol. The van der Waals surface area contributed by atoms with Crippen LogP contribution >= 0.6 is 11.8 Å². The van der Waals surface area contributed by atoms with Crippen molar-refractivity contribution in [1.29, 1.82) is 0 Å². The van der Waals surface area contributed by atoms with E-state index in [0.29, 0.717) is 24.6 Å².